The van der Waals surface area contributed by atoms with E-state index in [0.717, 1.165) is 17.4 Å². The van der Waals surface area contributed by atoms with Crippen molar-refractivity contribution in [3.05, 3.63) is 54.1 Å². The van der Waals surface area contributed by atoms with Crippen LogP contribution in [0.2, 0.25) is 0 Å². The minimum atomic E-state index is -0.288. The van der Waals surface area contributed by atoms with Gasteiger partial charge in [0.05, 0.1) is 0 Å². The van der Waals surface area contributed by atoms with Gasteiger partial charge in [-0.2, -0.15) is 0 Å². The van der Waals surface area contributed by atoms with E-state index < -0.39 is 0 Å². The van der Waals surface area contributed by atoms with Gasteiger partial charge in [0.15, 0.2) is 0 Å². The highest BCUT2D eigenvalue weighted by Gasteiger charge is 2.19. The molecule has 0 aromatic heterocycles. The van der Waals surface area contributed by atoms with Gasteiger partial charge in [0.1, 0.15) is 5.75 Å². The molecule has 0 atom stereocenters. The molecule has 2 aromatic rings. The molecule has 2 aromatic carbocycles. The zero-order valence-corrected chi connectivity index (χ0v) is 13.9. The summed E-state index contributed by atoms with van der Waals surface area (Å²) in [6.07, 6.45) is 5.34. The van der Waals surface area contributed by atoms with Crippen molar-refractivity contribution in [1.29, 1.82) is 0 Å². The third-order valence-electron chi connectivity index (χ3n) is 4.85. The van der Waals surface area contributed by atoms with Gasteiger partial charge < -0.3 is 4.74 Å². The van der Waals surface area contributed by atoms with Crippen molar-refractivity contribution in [2.24, 2.45) is 5.92 Å². The Morgan fingerprint density at radius 1 is 0.870 bits per heavy atom. The summed E-state index contributed by atoms with van der Waals surface area (Å²) in [5, 5.41) is 0. The van der Waals surface area contributed by atoms with Gasteiger partial charge >= 0.3 is 5.97 Å². The van der Waals surface area contributed by atoms with Crippen molar-refractivity contribution in [1.82, 2.24) is 0 Å². The maximum atomic E-state index is 11.0. The molecule has 2 heteroatoms. The Morgan fingerprint density at radius 2 is 1.39 bits per heavy atom. The second-order valence-electron chi connectivity index (χ2n) is 6.70. The second kappa shape index (κ2) is 6.99. The molecule has 0 N–H and O–H groups in total. The monoisotopic (exact) mass is 308 g/mol. The van der Waals surface area contributed by atoms with Crippen LogP contribution in [0.4, 0.5) is 0 Å². The normalized spacial score (nSPS) is 21.0. The van der Waals surface area contributed by atoms with Crippen molar-refractivity contribution < 1.29 is 9.53 Å². The molecule has 0 spiro atoms. The van der Waals surface area contributed by atoms with E-state index >= 15 is 0 Å². The first-order chi connectivity index (χ1) is 11.1. The van der Waals surface area contributed by atoms with Gasteiger partial charge in [-0.25, -0.2) is 0 Å². The SMILES string of the molecule is CC(=O)Oc1ccc(-c2ccc(C3CCC(C)CC3)cc2)cc1. The predicted molar refractivity (Wildman–Crippen MR) is 93.6 cm³/mol. The van der Waals surface area contributed by atoms with Crippen LogP contribution in [0.5, 0.6) is 5.75 Å². The summed E-state index contributed by atoms with van der Waals surface area (Å²) in [6, 6.07) is 16.6. The maximum absolute atomic E-state index is 11.0. The topological polar surface area (TPSA) is 26.3 Å². The van der Waals surface area contributed by atoms with Crippen LogP contribution in [0.25, 0.3) is 11.1 Å². The van der Waals surface area contributed by atoms with Gasteiger partial charge in [0, 0.05) is 6.92 Å². The quantitative estimate of drug-likeness (QED) is 0.547. The molecule has 1 fully saturated rings. The minimum absolute atomic E-state index is 0.288. The molecule has 2 nitrogen and oxygen atoms in total. The molecule has 3 rings (SSSR count). The Hall–Kier alpha value is -2.09. The van der Waals surface area contributed by atoms with Gasteiger partial charge in [-0.05, 0) is 53.5 Å². The van der Waals surface area contributed by atoms with Crippen molar-refractivity contribution in [3.63, 3.8) is 0 Å². The summed E-state index contributed by atoms with van der Waals surface area (Å²) in [5.74, 6) is 1.92. The Labute approximate surface area is 138 Å². The maximum Gasteiger partial charge on any atom is 0.308 e. The van der Waals surface area contributed by atoms with Gasteiger partial charge in [-0.1, -0.05) is 56.2 Å². The van der Waals surface area contributed by atoms with E-state index in [0.29, 0.717) is 5.75 Å². The lowest BCUT2D eigenvalue weighted by atomic mass is 9.79. The van der Waals surface area contributed by atoms with Crippen LogP contribution in [0.15, 0.2) is 48.5 Å². The molecule has 120 valence electrons. The number of esters is 1. The number of carbonyl (C=O) groups is 1. The van der Waals surface area contributed by atoms with Crippen molar-refractivity contribution in [2.45, 2.75) is 45.4 Å². The third kappa shape index (κ3) is 4.01. The average molecular weight is 308 g/mol. The van der Waals surface area contributed by atoms with Crippen LogP contribution in [0.1, 0.15) is 51.0 Å². The molecular weight excluding hydrogens is 284 g/mol. The van der Waals surface area contributed by atoms with E-state index in [1.165, 1.54) is 43.7 Å². The van der Waals surface area contributed by atoms with Gasteiger partial charge in [0.2, 0.25) is 0 Å². The number of carbonyl (C=O) groups excluding carboxylic acids is 1. The highest BCUT2D eigenvalue weighted by atomic mass is 16.5. The highest BCUT2D eigenvalue weighted by Crippen LogP contribution is 2.36. The molecule has 0 saturated heterocycles. The van der Waals surface area contributed by atoms with Crippen LogP contribution >= 0.6 is 0 Å². The Balaban J connectivity index is 1.70. The summed E-state index contributed by atoms with van der Waals surface area (Å²) < 4.78 is 5.07. The summed E-state index contributed by atoms with van der Waals surface area (Å²) in [5.41, 5.74) is 3.81. The molecule has 0 unspecified atom stereocenters. The molecule has 23 heavy (non-hydrogen) atoms. The lowest BCUT2D eigenvalue weighted by Gasteiger charge is -2.26. The number of ether oxygens (including phenoxy) is 1. The first-order valence-electron chi connectivity index (χ1n) is 8.50. The van der Waals surface area contributed by atoms with Crippen LogP contribution in [0, 0.1) is 5.92 Å². The fourth-order valence-corrected chi connectivity index (χ4v) is 3.42. The standard InChI is InChI=1S/C21H24O2/c1-15-3-5-17(6-4-15)18-7-9-19(10-8-18)20-11-13-21(14-12-20)23-16(2)22/h7-15,17H,3-6H2,1-2H3. The molecule has 0 aliphatic heterocycles. The van der Waals surface area contributed by atoms with Crippen LogP contribution in [-0.2, 0) is 4.79 Å². The first-order valence-corrected chi connectivity index (χ1v) is 8.50. The van der Waals surface area contributed by atoms with E-state index in [9.17, 15) is 4.79 Å². The molecule has 0 heterocycles. The molecular formula is C21H24O2. The van der Waals surface area contributed by atoms with Crippen molar-refractivity contribution in [3.8, 4) is 16.9 Å². The zero-order chi connectivity index (χ0) is 16.2. The van der Waals surface area contributed by atoms with Gasteiger partial charge in [-0.3, -0.25) is 4.79 Å². The molecule has 1 saturated carbocycles. The van der Waals surface area contributed by atoms with Crippen LogP contribution in [-0.4, -0.2) is 5.97 Å². The first kappa shape index (κ1) is 15.8. The number of hydrogen-bond donors (Lipinski definition) is 0. The smallest absolute Gasteiger partial charge is 0.308 e. The number of benzene rings is 2. The fourth-order valence-electron chi connectivity index (χ4n) is 3.42. The van der Waals surface area contributed by atoms with E-state index in [1.54, 1.807) is 0 Å². The van der Waals surface area contributed by atoms with Crippen molar-refractivity contribution >= 4 is 5.97 Å². The second-order valence-corrected chi connectivity index (χ2v) is 6.70. The van der Waals surface area contributed by atoms with Crippen molar-refractivity contribution in [2.75, 3.05) is 0 Å². The highest BCUT2D eigenvalue weighted by molar-refractivity contribution is 5.70. The third-order valence-corrected chi connectivity index (χ3v) is 4.85. The van der Waals surface area contributed by atoms with Gasteiger partial charge in [0.25, 0.3) is 0 Å². The van der Waals surface area contributed by atoms with E-state index in [1.807, 2.05) is 24.3 Å². The molecule has 0 radical (unpaired) electrons. The van der Waals surface area contributed by atoms with Gasteiger partial charge in [-0.15, -0.1) is 0 Å². The molecule has 0 amide bonds. The Kier molecular flexibility index (Phi) is 4.80. The fraction of sp³-hybridized carbons (Fsp3) is 0.381. The Bertz CT molecular complexity index is 647. The molecule has 1 aliphatic carbocycles. The van der Waals surface area contributed by atoms with Crippen LogP contribution in [0.3, 0.4) is 0 Å². The predicted octanol–water partition coefficient (Wildman–Crippen LogP) is 5.57. The zero-order valence-electron chi connectivity index (χ0n) is 13.9. The van der Waals surface area contributed by atoms with E-state index in [4.69, 9.17) is 4.74 Å². The lowest BCUT2D eigenvalue weighted by molar-refractivity contribution is -0.131. The molecule has 1 aliphatic rings. The number of rotatable bonds is 3. The summed E-state index contributed by atoms with van der Waals surface area (Å²) in [7, 11) is 0. The largest absolute Gasteiger partial charge is 0.427 e. The summed E-state index contributed by atoms with van der Waals surface area (Å²) in [4.78, 5) is 11.0. The molecule has 0 bridgehead atoms. The number of hydrogen-bond acceptors (Lipinski definition) is 2. The van der Waals surface area contributed by atoms with E-state index in [2.05, 4.69) is 31.2 Å². The Morgan fingerprint density at radius 3 is 1.91 bits per heavy atom. The van der Waals surface area contributed by atoms with Crippen LogP contribution < -0.4 is 4.74 Å². The minimum Gasteiger partial charge on any atom is -0.427 e. The van der Waals surface area contributed by atoms with E-state index in [-0.39, 0.29) is 5.97 Å². The lowest BCUT2D eigenvalue weighted by Crippen LogP contribution is -2.10. The summed E-state index contributed by atoms with van der Waals surface area (Å²) in [6.45, 7) is 3.78. The average Bonchev–Trinajstić information content (AvgIpc) is 2.56. The summed E-state index contributed by atoms with van der Waals surface area (Å²) >= 11 is 0.